The van der Waals surface area contributed by atoms with Gasteiger partial charge in [0, 0.05) is 0 Å². The molecule has 0 aliphatic heterocycles. The molecule has 0 aromatic rings. The Labute approximate surface area is 181 Å². The van der Waals surface area contributed by atoms with Gasteiger partial charge in [0.05, 0.1) is 6.61 Å². The predicted molar refractivity (Wildman–Crippen MR) is 127 cm³/mol. The standard InChI is InChI=1S/C27H48O2/c1-20(18-21(2)25(27(8,9)10)19-26(5,6)7)22(3)29-23(4)28-17-16-24-14-12-11-13-15-24/h18,23-25H,2-3,11-17,19H2,1,4-10H3/b20-18-. The Morgan fingerprint density at radius 2 is 1.62 bits per heavy atom. The van der Waals surface area contributed by atoms with E-state index >= 15 is 0 Å². The molecule has 1 fully saturated rings. The second kappa shape index (κ2) is 11.4. The monoisotopic (exact) mass is 404 g/mol. The van der Waals surface area contributed by atoms with E-state index in [1.165, 1.54) is 32.1 Å². The van der Waals surface area contributed by atoms with E-state index in [0.29, 0.717) is 11.7 Å². The van der Waals surface area contributed by atoms with E-state index in [0.717, 1.165) is 36.5 Å². The Morgan fingerprint density at radius 1 is 1.03 bits per heavy atom. The summed E-state index contributed by atoms with van der Waals surface area (Å²) in [5, 5.41) is 0. The lowest BCUT2D eigenvalue weighted by molar-refractivity contribution is -0.104. The van der Waals surface area contributed by atoms with E-state index in [4.69, 9.17) is 9.47 Å². The molecule has 1 saturated carbocycles. The minimum absolute atomic E-state index is 0.166. The van der Waals surface area contributed by atoms with Gasteiger partial charge < -0.3 is 9.47 Å². The van der Waals surface area contributed by atoms with Crippen LogP contribution in [-0.2, 0) is 9.47 Å². The summed E-state index contributed by atoms with van der Waals surface area (Å²) in [4.78, 5) is 0. The van der Waals surface area contributed by atoms with E-state index in [2.05, 4.69) is 67.7 Å². The van der Waals surface area contributed by atoms with Crippen LogP contribution in [0, 0.1) is 22.7 Å². The minimum Gasteiger partial charge on any atom is -0.466 e. The van der Waals surface area contributed by atoms with Crippen LogP contribution in [-0.4, -0.2) is 12.9 Å². The van der Waals surface area contributed by atoms with Crippen LogP contribution < -0.4 is 0 Å². The number of hydrogen-bond donors (Lipinski definition) is 0. The molecule has 2 nitrogen and oxygen atoms in total. The van der Waals surface area contributed by atoms with Crippen molar-refractivity contribution in [3.05, 3.63) is 36.1 Å². The average molecular weight is 405 g/mol. The topological polar surface area (TPSA) is 18.5 Å². The van der Waals surface area contributed by atoms with Gasteiger partial charge in [-0.2, -0.15) is 0 Å². The Hall–Kier alpha value is -1.02. The van der Waals surface area contributed by atoms with Gasteiger partial charge in [0.2, 0.25) is 0 Å². The quantitative estimate of drug-likeness (QED) is 0.206. The zero-order valence-electron chi connectivity index (χ0n) is 20.7. The van der Waals surface area contributed by atoms with Crippen molar-refractivity contribution in [2.75, 3.05) is 6.61 Å². The zero-order valence-corrected chi connectivity index (χ0v) is 20.7. The molecule has 0 aromatic carbocycles. The van der Waals surface area contributed by atoms with Crippen LogP contribution >= 0.6 is 0 Å². The highest BCUT2D eigenvalue weighted by Crippen LogP contribution is 2.40. The first-order chi connectivity index (χ1) is 13.3. The highest BCUT2D eigenvalue weighted by Gasteiger charge is 2.30. The fraction of sp³-hybridized carbons (Fsp3) is 0.778. The molecule has 0 heterocycles. The molecule has 2 atom stereocenters. The van der Waals surface area contributed by atoms with Crippen molar-refractivity contribution in [3.8, 4) is 0 Å². The minimum atomic E-state index is -0.268. The lowest BCUT2D eigenvalue weighted by atomic mass is 9.69. The van der Waals surface area contributed by atoms with E-state index in [1.807, 2.05) is 6.92 Å². The Morgan fingerprint density at radius 3 is 2.14 bits per heavy atom. The summed E-state index contributed by atoms with van der Waals surface area (Å²) in [5.41, 5.74) is 2.61. The number of ether oxygens (including phenoxy) is 2. The molecule has 0 bridgehead atoms. The maximum atomic E-state index is 5.94. The van der Waals surface area contributed by atoms with Gasteiger partial charge in [0.25, 0.3) is 0 Å². The lowest BCUT2D eigenvalue weighted by Crippen LogP contribution is -2.26. The van der Waals surface area contributed by atoms with Crippen LogP contribution in [0.3, 0.4) is 0 Å². The van der Waals surface area contributed by atoms with Crippen molar-refractivity contribution in [2.24, 2.45) is 22.7 Å². The highest BCUT2D eigenvalue weighted by atomic mass is 16.7. The van der Waals surface area contributed by atoms with E-state index in [9.17, 15) is 0 Å². The van der Waals surface area contributed by atoms with Gasteiger partial charge in [-0.1, -0.05) is 98.5 Å². The molecule has 0 N–H and O–H groups in total. The summed E-state index contributed by atoms with van der Waals surface area (Å²) in [6.07, 6.45) is 11.0. The van der Waals surface area contributed by atoms with Crippen LogP contribution in [0.4, 0.5) is 0 Å². The fourth-order valence-electron chi connectivity index (χ4n) is 4.27. The maximum Gasteiger partial charge on any atom is 0.196 e. The van der Waals surface area contributed by atoms with Gasteiger partial charge in [-0.15, -0.1) is 0 Å². The molecule has 29 heavy (non-hydrogen) atoms. The van der Waals surface area contributed by atoms with Crippen LogP contribution in [0.25, 0.3) is 0 Å². The predicted octanol–water partition coefficient (Wildman–Crippen LogP) is 8.45. The van der Waals surface area contributed by atoms with Gasteiger partial charge >= 0.3 is 0 Å². The van der Waals surface area contributed by atoms with E-state index in [1.54, 1.807) is 0 Å². The molecule has 0 saturated heterocycles. The van der Waals surface area contributed by atoms with Crippen molar-refractivity contribution in [2.45, 2.75) is 107 Å². The largest absolute Gasteiger partial charge is 0.466 e. The Bertz CT molecular complexity index is 550. The summed E-state index contributed by atoms with van der Waals surface area (Å²) in [6, 6.07) is 0. The molecule has 168 valence electrons. The first-order valence-corrected chi connectivity index (χ1v) is 11.6. The third-order valence-electron chi connectivity index (χ3n) is 6.06. The normalized spacial score (nSPS) is 19.0. The van der Waals surface area contributed by atoms with E-state index < -0.39 is 0 Å². The summed E-state index contributed by atoms with van der Waals surface area (Å²) in [5.74, 6) is 1.93. The van der Waals surface area contributed by atoms with Crippen molar-refractivity contribution >= 4 is 0 Å². The number of allylic oxidation sites excluding steroid dienone is 3. The van der Waals surface area contributed by atoms with Crippen LogP contribution in [0.5, 0.6) is 0 Å². The molecule has 0 aromatic heterocycles. The SMILES string of the molecule is C=C(OC(C)OCCC1CCCCC1)/C(C)=C\C(=C)C(CC(C)(C)C)C(C)(C)C. The molecule has 2 heteroatoms. The van der Waals surface area contributed by atoms with Gasteiger partial charge in [-0.25, -0.2) is 0 Å². The summed E-state index contributed by atoms with van der Waals surface area (Å²) >= 11 is 0. The number of hydrogen-bond acceptors (Lipinski definition) is 2. The van der Waals surface area contributed by atoms with Crippen molar-refractivity contribution < 1.29 is 9.47 Å². The van der Waals surface area contributed by atoms with Crippen LogP contribution in [0.2, 0.25) is 0 Å². The third kappa shape index (κ3) is 10.5. The second-order valence-corrected chi connectivity index (χ2v) is 11.4. The van der Waals surface area contributed by atoms with Crippen molar-refractivity contribution in [3.63, 3.8) is 0 Å². The third-order valence-corrected chi connectivity index (χ3v) is 6.06. The molecular formula is C27H48O2. The summed E-state index contributed by atoms with van der Waals surface area (Å²) in [6.45, 7) is 27.1. The average Bonchev–Trinajstić information content (AvgIpc) is 2.58. The molecule has 0 amide bonds. The van der Waals surface area contributed by atoms with E-state index in [-0.39, 0.29) is 17.1 Å². The molecule has 1 aliphatic carbocycles. The van der Waals surface area contributed by atoms with Gasteiger partial charge in [0.1, 0.15) is 5.76 Å². The Kier molecular flexibility index (Phi) is 10.2. The number of rotatable bonds is 10. The second-order valence-electron chi connectivity index (χ2n) is 11.4. The summed E-state index contributed by atoms with van der Waals surface area (Å²) < 4.78 is 11.8. The molecular weight excluding hydrogens is 356 g/mol. The van der Waals surface area contributed by atoms with Gasteiger partial charge in [-0.05, 0) is 54.9 Å². The molecule has 0 radical (unpaired) electrons. The van der Waals surface area contributed by atoms with Gasteiger partial charge in [-0.3, -0.25) is 0 Å². The first kappa shape index (κ1) is 26.0. The van der Waals surface area contributed by atoms with Crippen molar-refractivity contribution in [1.82, 2.24) is 0 Å². The first-order valence-electron chi connectivity index (χ1n) is 11.6. The zero-order chi connectivity index (χ0) is 22.2. The maximum absolute atomic E-state index is 5.94. The smallest absolute Gasteiger partial charge is 0.196 e. The lowest BCUT2D eigenvalue weighted by Gasteiger charge is -2.36. The Balaban J connectivity index is 2.56. The summed E-state index contributed by atoms with van der Waals surface area (Å²) in [7, 11) is 0. The fourth-order valence-corrected chi connectivity index (χ4v) is 4.27. The molecule has 1 rings (SSSR count). The molecule has 2 unspecified atom stereocenters. The van der Waals surface area contributed by atoms with Crippen molar-refractivity contribution in [1.29, 1.82) is 0 Å². The molecule has 0 spiro atoms. The molecule has 1 aliphatic rings. The van der Waals surface area contributed by atoms with Crippen LogP contribution in [0.15, 0.2) is 36.1 Å². The van der Waals surface area contributed by atoms with Gasteiger partial charge in [0.15, 0.2) is 6.29 Å². The highest BCUT2D eigenvalue weighted by molar-refractivity contribution is 5.32. The van der Waals surface area contributed by atoms with Crippen LogP contribution in [0.1, 0.15) is 100 Å².